The Hall–Kier alpha value is -2.28. The zero-order valence-electron chi connectivity index (χ0n) is 10.9. The number of benzene rings is 1. The summed E-state index contributed by atoms with van der Waals surface area (Å²) in [5.41, 5.74) is 5.96. The van der Waals surface area contributed by atoms with Crippen LogP contribution in [0.1, 0.15) is 10.4 Å². The first kappa shape index (κ1) is 14.1. The maximum absolute atomic E-state index is 11.9. The number of hydrogen-bond acceptors (Lipinski definition) is 5. The van der Waals surface area contributed by atoms with Crippen LogP contribution in [-0.2, 0) is 9.53 Å². The van der Waals surface area contributed by atoms with Crippen molar-refractivity contribution in [3.05, 3.63) is 23.8 Å². The second-order valence-corrected chi connectivity index (χ2v) is 4.34. The molecule has 0 aromatic heterocycles. The van der Waals surface area contributed by atoms with Crippen LogP contribution in [0.4, 0.5) is 5.69 Å². The van der Waals surface area contributed by atoms with Crippen LogP contribution in [0.3, 0.4) is 0 Å². The molecular formula is C13H16N2O5. The van der Waals surface area contributed by atoms with Gasteiger partial charge in [-0.2, -0.15) is 0 Å². The molecule has 7 nitrogen and oxygen atoms in total. The van der Waals surface area contributed by atoms with Gasteiger partial charge in [0.2, 0.25) is 0 Å². The Morgan fingerprint density at radius 1 is 1.35 bits per heavy atom. The number of carbonyl (C=O) groups is 2. The molecule has 108 valence electrons. The third-order valence-corrected chi connectivity index (χ3v) is 2.97. The van der Waals surface area contributed by atoms with Crippen molar-refractivity contribution < 1.29 is 24.2 Å². The molecule has 1 aromatic carbocycles. The van der Waals surface area contributed by atoms with Gasteiger partial charge in [0.15, 0.2) is 6.61 Å². The Kier molecular flexibility index (Phi) is 4.41. The van der Waals surface area contributed by atoms with E-state index in [9.17, 15) is 9.59 Å². The second kappa shape index (κ2) is 6.25. The van der Waals surface area contributed by atoms with Crippen molar-refractivity contribution in [2.45, 2.75) is 0 Å². The zero-order valence-corrected chi connectivity index (χ0v) is 10.9. The highest BCUT2D eigenvalue weighted by molar-refractivity contribution is 5.89. The first-order chi connectivity index (χ1) is 9.58. The molecule has 1 heterocycles. The number of carboxylic acid groups (broad SMARTS) is 1. The maximum Gasteiger partial charge on any atom is 0.335 e. The van der Waals surface area contributed by atoms with Crippen molar-refractivity contribution in [2.24, 2.45) is 0 Å². The molecule has 0 atom stereocenters. The minimum Gasteiger partial charge on any atom is -0.482 e. The van der Waals surface area contributed by atoms with Gasteiger partial charge in [-0.25, -0.2) is 4.79 Å². The molecule has 7 heteroatoms. The zero-order chi connectivity index (χ0) is 14.5. The van der Waals surface area contributed by atoms with Crippen molar-refractivity contribution in [3.8, 4) is 5.75 Å². The van der Waals surface area contributed by atoms with E-state index in [2.05, 4.69) is 0 Å². The van der Waals surface area contributed by atoms with Crippen LogP contribution < -0.4 is 10.5 Å². The number of nitrogens with two attached hydrogens (primary N) is 1. The molecule has 0 radical (unpaired) electrons. The van der Waals surface area contributed by atoms with E-state index in [4.69, 9.17) is 20.3 Å². The number of rotatable bonds is 4. The summed E-state index contributed by atoms with van der Waals surface area (Å²) in [6.45, 7) is 2.03. The fourth-order valence-electron chi connectivity index (χ4n) is 1.86. The van der Waals surface area contributed by atoms with Crippen LogP contribution >= 0.6 is 0 Å². The number of carboxylic acids is 1. The Morgan fingerprint density at radius 2 is 2.05 bits per heavy atom. The highest BCUT2D eigenvalue weighted by Gasteiger charge is 2.17. The van der Waals surface area contributed by atoms with Gasteiger partial charge >= 0.3 is 5.97 Å². The topological polar surface area (TPSA) is 102 Å². The number of ether oxygens (including phenoxy) is 2. The lowest BCUT2D eigenvalue weighted by atomic mass is 10.2. The fraction of sp³-hybridized carbons (Fsp3) is 0.385. The highest BCUT2D eigenvalue weighted by Crippen LogP contribution is 2.22. The standard InChI is InChI=1S/C13H16N2O5/c14-10-7-9(13(17)18)1-2-11(10)20-8-12(16)15-3-5-19-6-4-15/h1-2,7H,3-6,8,14H2,(H,17,18). The van der Waals surface area contributed by atoms with E-state index in [1.165, 1.54) is 18.2 Å². The summed E-state index contributed by atoms with van der Waals surface area (Å²) in [5, 5.41) is 8.82. The van der Waals surface area contributed by atoms with E-state index in [0.717, 1.165) is 0 Å². The molecule has 20 heavy (non-hydrogen) atoms. The molecule has 1 aliphatic heterocycles. The van der Waals surface area contributed by atoms with Crippen LogP contribution in [0, 0.1) is 0 Å². The van der Waals surface area contributed by atoms with Crippen molar-refractivity contribution in [1.82, 2.24) is 4.90 Å². The van der Waals surface area contributed by atoms with Gasteiger partial charge in [-0.1, -0.05) is 0 Å². The lowest BCUT2D eigenvalue weighted by Crippen LogP contribution is -2.43. The van der Waals surface area contributed by atoms with Crippen molar-refractivity contribution in [1.29, 1.82) is 0 Å². The molecule has 1 aliphatic rings. The van der Waals surface area contributed by atoms with Crippen LogP contribution in [0.25, 0.3) is 0 Å². The minimum atomic E-state index is -1.06. The molecule has 1 aromatic rings. The predicted octanol–water partition coefficient (Wildman–Crippen LogP) is 0.205. The normalized spacial score (nSPS) is 14.9. The van der Waals surface area contributed by atoms with Crippen LogP contribution in [-0.4, -0.2) is 54.8 Å². The van der Waals surface area contributed by atoms with Crippen molar-refractivity contribution in [2.75, 3.05) is 38.6 Å². The minimum absolute atomic E-state index is 0.0781. The van der Waals surface area contributed by atoms with Gasteiger partial charge in [0.25, 0.3) is 5.91 Å². The van der Waals surface area contributed by atoms with Gasteiger partial charge in [0, 0.05) is 13.1 Å². The third-order valence-electron chi connectivity index (χ3n) is 2.97. The quantitative estimate of drug-likeness (QED) is 0.764. The van der Waals surface area contributed by atoms with Crippen LogP contribution in [0.2, 0.25) is 0 Å². The molecule has 1 fully saturated rings. The molecule has 2 rings (SSSR count). The molecule has 1 amide bonds. The largest absolute Gasteiger partial charge is 0.482 e. The number of nitrogen functional groups attached to an aromatic ring is 1. The van der Waals surface area contributed by atoms with Crippen molar-refractivity contribution >= 4 is 17.6 Å². The van der Waals surface area contributed by atoms with E-state index >= 15 is 0 Å². The van der Waals surface area contributed by atoms with Gasteiger partial charge in [-0.15, -0.1) is 0 Å². The number of anilines is 1. The summed E-state index contributed by atoms with van der Waals surface area (Å²) in [4.78, 5) is 24.3. The fourth-order valence-corrected chi connectivity index (χ4v) is 1.86. The molecule has 0 spiro atoms. The molecular weight excluding hydrogens is 264 g/mol. The van der Waals surface area contributed by atoms with Gasteiger partial charge < -0.3 is 25.2 Å². The number of amides is 1. The van der Waals surface area contributed by atoms with E-state index in [1.807, 2.05) is 0 Å². The van der Waals surface area contributed by atoms with E-state index < -0.39 is 5.97 Å². The van der Waals surface area contributed by atoms with Gasteiger partial charge in [0.1, 0.15) is 5.75 Å². The summed E-state index contributed by atoms with van der Waals surface area (Å²) in [7, 11) is 0. The molecule has 0 saturated carbocycles. The predicted molar refractivity (Wildman–Crippen MR) is 70.7 cm³/mol. The number of aromatic carboxylic acids is 1. The monoisotopic (exact) mass is 280 g/mol. The number of hydrogen-bond donors (Lipinski definition) is 2. The lowest BCUT2D eigenvalue weighted by molar-refractivity contribution is -0.137. The Bertz CT molecular complexity index is 511. The number of nitrogens with zero attached hydrogens (tertiary/aromatic N) is 1. The Labute approximate surface area is 115 Å². The van der Waals surface area contributed by atoms with Crippen LogP contribution in [0.5, 0.6) is 5.75 Å². The van der Waals surface area contributed by atoms with Crippen LogP contribution in [0.15, 0.2) is 18.2 Å². The average Bonchev–Trinajstić information content (AvgIpc) is 2.46. The summed E-state index contributed by atoms with van der Waals surface area (Å²) in [6.07, 6.45) is 0. The van der Waals surface area contributed by atoms with Gasteiger partial charge in [0.05, 0.1) is 24.5 Å². The van der Waals surface area contributed by atoms with Gasteiger partial charge in [-0.05, 0) is 18.2 Å². The van der Waals surface area contributed by atoms with Crippen molar-refractivity contribution in [3.63, 3.8) is 0 Å². The Balaban J connectivity index is 1.93. The summed E-state index contributed by atoms with van der Waals surface area (Å²) < 4.78 is 10.5. The molecule has 0 bridgehead atoms. The summed E-state index contributed by atoms with van der Waals surface area (Å²) in [5.74, 6) is -0.903. The molecule has 0 unspecified atom stereocenters. The smallest absolute Gasteiger partial charge is 0.335 e. The van der Waals surface area contributed by atoms with E-state index in [1.54, 1.807) is 4.90 Å². The average molecular weight is 280 g/mol. The van der Waals surface area contributed by atoms with E-state index in [0.29, 0.717) is 32.1 Å². The number of carbonyl (C=O) groups excluding carboxylic acids is 1. The first-order valence-corrected chi connectivity index (χ1v) is 6.19. The summed E-state index contributed by atoms with van der Waals surface area (Å²) >= 11 is 0. The lowest BCUT2D eigenvalue weighted by Gasteiger charge is -2.26. The third kappa shape index (κ3) is 3.39. The Morgan fingerprint density at radius 3 is 2.65 bits per heavy atom. The highest BCUT2D eigenvalue weighted by atomic mass is 16.5. The first-order valence-electron chi connectivity index (χ1n) is 6.19. The second-order valence-electron chi connectivity index (χ2n) is 4.34. The SMILES string of the molecule is Nc1cc(C(=O)O)ccc1OCC(=O)N1CCOCC1. The maximum atomic E-state index is 11.9. The number of morpholine rings is 1. The molecule has 1 saturated heterocycles. The molecule has 3 N–H and O–H groups in total. The summed E-state index contributed by atoms with van der Waals surface area (Å²) in [6, 6.07) is 4.13. The molecule has 0 aliphatic carbocycles. The van der Waals surface area contributed by atoms with Gasteiger partial charge in [-0.3, -0.25) is 4.79 Å². The van der Waals surface area contributed by atoms with E-state index in [-0.39, 0.29) is 23.8 Å².